The van der Waals surface area contributed by atoms with E-state index in [2.05, 4.69) is 0 Å². The van der Waals surface area contributed by atoms with Gasteiger partial charge in [-0.25, -0.2) is 4.79 Å². The Balaban J connectivity index is 2.41. The molecule has 0 bridgehead atoms. The molecule has 0 spiro atoms. The molecular weight excluding hydrogens is 220 g/mol. The van der Waals surface area contributed by atoms with E-state index in [1.54, 1.807) is 38.5 Å². The third kappa shape index (κ3) is 4.44. The summed E-state index contributed by atoms with van der Waals surface area (Å²) >= 11 is 0. The fourth-order valence-electron chi connectivity index (χ4n) is 1.25. The molecule has 0 aliphatic rings. The molecule has 1 rings (SSSR count). The van der Waals surface area contributed by atoms with Crippen molar-refractivity contribution in [2.45, 2.75) is 19.4 Å². The maximum absolute atomic E-state index is 11.6. The molecule has 1 aromatic rings. The van der Waals surface area contributed by atoms with Crippen molar-refractivity contribution in [2.75, 3.05) is 20.8 Å². The number of hydrogen-bond acceptors (Lipinski definition) is 4. The standard InChI is InChI=1S/C13H18O4/c1-10(15-2)8-9-17-13(14)11-4-6-12(16-3)7-5-11/h4-7,10H,8-9H2,1-3H3/t10-/m0/s1. The van der Waals surface area contributed by atoms with Crippen LogP contribution in [0.25, 0.3) is 0 Å². The zero-order chi connectivity index (χ0) is 12.7. The highest BCUT2D eigenvalue weighted by atomic mass is 16.5. The maximum atomic E-state index is 11.6. The van der Waals surface area contributed by atoms with Gasteiger partial charge < -0.3 is 14.2 Å². The van der Waals surface area contributed by atoms with Crippen molar-refractivity contribution >= 4 is 5.97 Å². The van der Waals surface area contributed by atoms with Crippen molar-refractivity contribution in [2.24, 2.45) is 0 Å². The summed E-state index contributed by atoms with van der Waals surface area (Å²) in [5.41, 5.74) is 0.524. The first-order chi connectivity index (χ1) is 8.17. The molecule has 0 unspecified atom stereocenters. The smallest absolute Gasteiger partial charge is 0.338 e. The van der Waals surface area contributed by atoms with Gasteiger partial charge in [0.05, 0.1) is 25.4 Å². The van der Waals surface area contributed by atoms with E-state index >= 15 is 0 Å². The first-order valence-electron chi connectivity index (χ1n) is 5.51. The van der Waals surface area contributed by atoms with E-state index in [-0.39, 0.29) is 12.1 Å². The number of carbonyl (C=O) groups excluding carboxylic acids is 1. The number of hydrogen-bond donors (Lipinski definition) is 0. The lowest BCUT2D eigenvalue weighted by Crippen LogP contribution is -2.12. The summed E-state index contributed by atoms with van der Waals surface area (Å²) in [5.74, 6) is 0.394. The van der Waals surface area contributed by atoms with Gasteiger partial charge in [0.25, 0.3) is 0 Å². The zero-order valence-electron chi connectivity index (χ0n) is 10.4. The van der Waals surface area contributed by atoms with Crippen LogP contribution >= 0.6 is 0 Å². The molecule has 0 saturated heterocycles. The number of benzene rings is 1. The summed E-state index contributed by atoms with van der Waals surface area (Å²) in [6, 6.07) is 6.82. The minimum Gasteiger partial charge on any atom is -0.497 e. The van der Waals surface area contributed by atoms with Crippen molar-refractivity contribution in [3.8, 4) is 5.75 Å². The molecule has 0 radical (unpaired) electrons. The second kappa shape index (κ2) is 6.91. The fourth-order valence-corrected chi connectivity index (χ4v) is 1.25. The fraction of sp³-hybridized carbons (Fsp3) is 0.462. The minimum atomic E-state index is -0.323. The molecule has 17 heavy (non-hydrogen) atoms. The molecule has 0 N–H and O–H groups in total. The lowest BCUT2D eigenvalue weighted by Gasteiger charge is -2.09. The zero-order valence-corrected chi connectivity index (χ0v) is 10.4. The summed E-state index contributed by atoms with van der Waals surface area (Å²) in [5, 5.41) is 0. The number of esters is 1. The summed E-state index contributed by atoms with van der Waals surface area (Å²) < 4.78 is 15.2. The first-order valence-corrected chi connectivity index (χ1v) is 5.51. The van der Waals surface area contributed by atoms with Crippen molar-refractivity contribution in [3.05, 3.63) is 29.8 Å². The highest BCUT2D eigenvalue weighted by molar-refractivity contribution is 5.89. The third-order valence-electron chi connectivity index (χ3n) is 2.49. The van der Waals surface area contributed by atoms with Gasteiger partial charge in [0.2, 0.25) is 0 Å². The van der Waals surface area contributed by atoms with E-state index < -0.39 is 0 Å². The number of ether oxygens (including phenoxy) is 3. The van der Waals surface area contributed by atoms with Gasteiger partial charge in [-0.15, -0.1) is 0 Å². The average Bonchev–Trinajstić information content (AvgIpc) is 2.38. The molecule has 0 amide bonds. The molecular formula is C13H18O4. The third-order valence-corrected chi connectivity index (χ3v) is 2.49. The van der Waals surface area contributed by atoms with Crippen LogP contribution in [0.4, 0.5) is 0 Å². The first kappa shape index (κ1) is 13.5. The molecule has 94 valence electrons. The summed E-state index contributed by atoms with van der Waals surface area (Å²) in [7, 11) is 3.22. The summed E-state index contributed by atoms with van der Waals surface area (Å²) in [4.78, 5) is 11.6. The second-order valence-electron chi connectivity index (χ2n) is 3.70. The Labute approximate surface area is 101 Å². The molecule has 4 nitrogen and oxygen atoms in total. The molecule has 0 aliphatic carbocycles. The second-order valence-corrected chi connectivity index (χ2v) is 3.70. The van der Waals surface area contributed by atoms with Crippen LogP contribution < -0.4 is 4.74 Å². The van der Waals surface area contributed by atoms with Gasteiger partial charge in [-0.3, -0.25) is 0 Å². The van der Waals surface area contributed by atoms with E-state index in [4.69, 9.17) is 14.2 Å². The summed E-state index contributed by atoms with van der Waals surface area (Å²) in [6.07, 6.45) is 0.789. The predicted molar refractivity (Wildman–Crippen MR) is 64.4 cm³/mol. The highest BCUT2D eigenvalue weighted by Crippen LogP contribution is 2.12. The Morgan fingerprint density at radius 1 is 1.24 bits per heavy atom. The monoisotopic (exact) mass is 238 g/mol. The molecule has 4 heteroatoms. The Bertz CT molecular complexity index is 345. The minimum absolute atomic E-state index is 0.0960. The van der Waals surface area contributed by atoms with Crippen LogP contribution in [0.15, 0.2) is 24.3 Å². The van der Waals surface area contributed by atoms with Gasteiger partial charge in [0.15, 0.2) is 0 Å². The van der Waals surface area contributed by atoms with Gasteiger partial charge >= 0.3 is 5.97 Å². The lowest BCUT2D eigenvalue weighted by atomic mass is 10.2. The maximum Gasteiger partial charge on any atom is 0.338 e. The largest absolute Gasteiger partial charge is 0.497 e. The van der Waals surface area contributed by atoms with Gasteiger partial charge in [-0.2, -0.15) is 0 Å². The van der Waals surface area contributed by atoms with E-state index in [9.17, 15) is 4.79 Å². The van der Waals surface area contributed by atoms with Crippen molar-refractivity contribution in [3.63, 3.8) is 0 Å². The normalized spacial score (nSPS) is 11.9. The summed E-state index contributed by atoms with van der Waals surface area (Å²) in [6.45, 7) is 2.29. The van der Waals surface area contributed by atoms with Crippen molar-refractivity contribution in [1.82, 2.24) is 0 Å². The van der Waals surface area contributed by atoms with Crippen molar-refractivity contribution < 1.29 is 19.0 Å². The molecule has 0 saturated carbocycles. The van der Waals surface area contributed by atoms with Crippen LogP contribution in [0.3, 0.4) is 0 Å². The van der Waals surface area contributed by atoms with E-state index in [1.807, 2.05) is 6.92 Å². The van der Waals surface area contributed by atoms with Crippen LogP contribution in [0.2, 0.25) is 0 Å². The molecule has 0 fully saturated rings. The topological polar surface area (TPSA) is 44.8 Å². The predicted octanol–water partition coefficient (Wildman–Crippen LogP) is 2.28. The number of carbonyl (C=O) groups is 1. The van der Waals surface area contributed by atoms with Crippen LogP contribution in [0.1, 0.15) is 23.7 Å². The van der Waals surface area contributed by atoms with Crippen LogP contribution in [-0.2, 0) is 9.47 Å². The van der Waals surface area contributed by atoms with Gasteiger partial charge in [0, 0.05) is 13.5 Å². The molecule has 0 aromatic heterocycles. The lowest BCUT2D eigenvalue weighted by molar-refractivity contribution is 0.0391. The van der Waals surface area contributed by atoms with Crippen LogP contribution in [-0.4, -0.2) is 32.9 Å². The average molecular weight is 238 g/mol. The Morgan fingerprint density at radius 2 is 1.88 bits per heavy atom. The number of rotatable bonds is 6. The van der Waals surface area contributed by atoms with Gasteiger partial charge in [0.1, 0.15) is 5.75 Å². The quantitative estimate of drug-likeness (QED) is 0.713. The Morgan fingerprint density at radius 3 is 2.41 bits per heavy atom. The SMILES string of the molecule is COc1ccc(C(=O)OCC[C@H](C)OC)cc1. The molecule has 1 atom stereocenters. The van der Waals surface area contributed by atoms with Crippen LogP contribution in [0, 0.1) is 0 Å². The number of methoxy groups -OCH3 is 2. The van der Waals surface area contributed by atoms with E-state index in [0.29, 0.717) is 18.6 Å². The molecule has 0 aliphatic heterocycles. The van der Waals surface area contributed by atoms with Gasteiger partial charge in [-0.1, -0.05) is 0 Å². The van der Waals surface area contributed by atoms with Crippen molar-refractivity contribution in [1.29, 1.82) is 0 Å². The van der Waals surface area contributed by atoms with E-state index in [1.165, 1.54) is 0 Å². The molecule has 0 heterocycles. The highest BCUT2D eigenvalue weighted by Gasteiger charge is 2.08. The molecule has 1 aromatic carbocycles. The van der Waals surface area contributed by atoms with E-state index in [0.717, 1.165) is 5.75 Å². The van der Waals surface area contributed by atoms with Gasteiger partial charge in [-0.05, 0) is 31.2 Å². The van der Waals surface area contributed by atoms with Crippen LogP contribution in [0.5, 0.6) is 5.75 Å². The Kier molecular flexibility index (Phi) is 5.49. The Hall–Kier alpha value is -1.55.